The molecule has 5 nitrogen and oxygen atoms in total. The Hall–Kier alpha value is -2.25. The highest BCUT2D eigenvalue weighted by atomic mass is 79.9. The maximum atomic E-state index is 13.3. The van der Waals surface area contributed by atoms with Gasteiger partial charge in [-0.25, -0.2) is 9.37 Å². The molecule has 1 saturated heterocycles. The van der Waals surface area contributed by atoms with E-state index in [4.69, 9.17) is 0 Å². The van der Waals surface area contributed by atoms with E-state index in [9.17, 15) is 9.18 Å². The maximum Gasteiger partial charge on any atom is 0.242 e. The number of halogens is 2. The summed E-state index contributed by atoms with van der Waals surface area (Å²) >= 11 is 3.44. The summed E-state index contributed by atoms with van der Waals surface area (Å²) < 4.78 is 14.3. The van der Waals surface area contributed by atoms with Crippen molar-refractivity contribution in [2.24, 2.45) is 0 Å². The van der Waals surface area contributed by atoms with E-state index in [0.717, 1.165) is 36.0 Å². The van der Waals surface area contributed by atoms with E-state index in [-0.39, 0.29) is 24.3 Å². The number of carbonyl (C=O) groups is 1. The summed E-state index contributed by atoms with van der Waals surface area (Å²) in [6.45, 7) is 2.10. The lowest BCUT2D eigenvalue weighted by Crippen LogP contribution is -2.39. The van der Waals surface area contributed by atoms with Gasteiger partial charge in [0, 0.05) is 4.47 Å². The number of rotatable bonds is 5. The van der Waals surface area contributed by atoms with Crippen molar-refractivity contribution >= 4 is 32.9 Å². The number of carbonyl (C=O) groups excluding carboxylic acids is 1. The summed E-state index contributed by atoms with van der Waals surface area (Å²) in [5.74, 6) is 0.247. The van der Waals surface area contributed by atoms with Crippen molar-refractivity contribution in [1.82, 2.24) is 20.2 Å². The van der Waals surface area contributed by atoms with Gasteiger partial charge in [0.05, 0.1) is 17.6 Å². The van der Waals surface area contributed by atoms with Crippen LogP contribution in [0.1, 0.15) is 30.3 Å². The Bertz CT molecular complexity index is 950. The number of amides is 1. The number of nitrogens with one attached hydrogen (secondary N) is 2. The molecule has 140 valence electrons. The number of H-pyrrole nitrogens is 1. The third kappa shape index (κ3) is 4.04. The molecule has 0 saturated carbocycles. The van der Waals surface area contributed by atoms with Crippen molar-refractivity contribution in [3.05, 3.63) is 64.1 Å². The van der Waals surface area contributed by atoms with Crippen LogP contribution in [0.15, 0.2) is 46.9 Å². The van der Waals surface area contributed by atoms with Crippen molar-refractivity contribution in [3.63, 3.8) is 0 Å². The van der Waals surface area contributed by atoms with Gasteiger partial charge in [-0.2, -0.15) is 0 Å². The molecular weight excluding hydrogens is 411 g/mol. The number of imidazole rings is 1. The first-order valence-electron chi connectivity index (χ1n) is 9.01. The molecule has 0 aliphatic carbocycles. The minimum atomic E-state index is -0.317. The SMILES string of the molecule is O=C(NCc1nc2ccc(F)cc2[nH]1)C(c1ccc(Br)cc1)N1CCCC1. The standard InChI is InChI=1S/C20H20BrFN4O/c21-14-5-3-13(4-6-14)19(26-9-1-2-10-26)20(27)23-12-18-24-16-8-7-15(22)11-17(16)25-18/h3-8,11,19H,1-2,9-10,12H2,(H,23,27)(H,24,25). The number of aromatic amines is 1. The first-order valence-corrected chi connectivity index (χ1v) is 9.81. The van der Waals surface area contributed by atoms with Gasteiger partial charge in [0.15, 0.2) is 0 Å². The quantitative estimate of drug-likeness (QED) is 0.644. The second kappa shape index (κ2) is 7.78. The molecule has 0 spiro atoms. The second-order valence-electron chi connectivity index (χ2n) is 6.76. The number of aromatic nitrogens is 2. The van der Waals surface area contributed by atoms with Gasteiger partial charge < -0.3 is 10.3 Å². The zero-order valence-electron chi connectivity index (χ0n) is 14.7. The minimum Gasteiger partial charge on any atom is -0.347 e. The zero-order valence-corrected chi connectivity index (χ0v) is 16.3. The van der Waals surface area contributed by atoms with Gasteiger partial charge >= 0.3 is 0 Å². The first-order chi connectivity index (χ1) is 13.1. The van der Waals surface area contributed by atoms with Gasteiger partial charge in [-0.15, -0.1) is 0 Å². The number of fused-ring (bicyclic) bond motifs is 1. The van der Waals surface area contributed by atoms with Crippen LogP contribution in [-0.4, -0.2) is 33.9 Å². The van der Waals surface area contributed by atoms with Gasteiger partial charge in [0.1, 0.15) is 17.7 Å². The summed E-state index contributed by atoms with van der Waals surface area (Å²) in [7, 11) is 0. The average molecular weight is 431 g/mol. The molecule has 1 atom stereocenters. The van der Waals surface area contributed by atoms with E-state index in [1.165, 1.54) is 12.1 Å². The lowest BCUT2D eigenvalue weighted by atomic mass is 10.0. The Morgan fingerprint density at radius 3 is 2.70 bits per heavy atom. The summed E-state index contributed by atoms with van der Waals surface area (Å²) in [5.41, 5.74) is 2.29. The fraction of sp³-hybridized carbons (Fsp3) is 0.300. The highest BCUT2D eigenvalue weighted by molar-refractivity contribution is 9.10. The maximum absolute atomic E-state index is 13.3. The largest absolute Gasteiger partial charge is 0.347 e. The lowest BCUT2D eigenvalue weighted by Gasteiger charge is -2.26. The summed E-state index contributed by atoms with van der Waals surface area (Å²) in [5, 5.41) is 2.98. The molecular formula is C20H20BrFN4O. The van der Waals surface area contributed by atoms with E-state index in [1.807, 2.05) is 24.3 Å². The fourth-order valence-electron chi connectivity index (χ4n) is 3.56. The molecule has 1 unspecified atom stereocenters. The zero-order chi connectivity index (χ0) is 18.8. The molecule has 1 fully saturated rings. The second-order valence-corrected chi connectivity index (χ2v) is 7.68. The Labute approximate surface area is 165 Å². The third-order valence-electron chi connectivity index (χ3n) is 4.86. The van der Waals surface area contributed by atoms with Crippen molar-refractivity contribution < 1.29 is 9.18 Å². The van der Waals surface area contributed by atoms with Crippen molar-refractivity contribution in [2.45, 2.75) is 25.4 Å². The summed E-state index contributed by atoms with van der Waals surface area (Å²) in [6.07, 6.45) is 2.21. The number of benzene rings is 2. The van der Waals surface area contributed by atoms with Crippen LogP contribution in [0.25, 0.3) is 11.0 Å². The molecule has 7 heteroatoms. The molecule has 2 N–H and O–H groups in total. The van der Waals surface area contributed by atoms with Gasteiger partial charge in [-0.05, 0) is 61.8 Å². The molecule has 1 aliphatic heterocycles. The Morgan fingerprint density at radius 1 is 1.22 bits per heavy atom. The Balaban J connectivity index is 1.51. The number of hydrogen-bond acceptors (Lipinski definition) is 3. The van der Waals surface area contributed by atoms with Gasteiger partial charge in [0.25, 0.3) is 0 Å². The highest BCUT2D eigenvalue weighted by Crippen LogP contribution is 2.26. The summed E-state index contributed by atoms with van der Waals surface area (Å²) in [4.78, 5) is 22.7. The molecule has 3 aromatic rings. The van der Waals surface area contributed by atoms with E-state index < -0.39 is 0 Å². The van der Waals surface area contributed by atoms with E-state index in [1.54, 1.807) is 6.07 Å². The van der Waals surface area contributed by atoms with Crippen molar-refractivity contribution in [3.8, 4) is 0 Å². The number of hydrogen-bond donors (Lipinski definition) is 2. The Morgan fingerprint density at radius 2 is 1.96 bits per heavy atom. The number of nitrogens with zero attached hydrogens (tertiary/aromatic N) is 2. The Kier molecular flexibility index (Phi) is 5.22. The van der Waals surface area contributed by atoms with Crippen LogP contribution in [0.5, 0.6) is 0 Å². The summed E-state index contributed by atoms with van der Waals surface area (Å²) in [6, 6.07) is 12.0. The normalized spacial score (nSPS) is 15.9. The van der Waals surface area contributed by atoms with Crippen LogP contribution in [0, 0.1) is 5.82 Å². The molecule has 1 aromatic heterocycles. The van der Waals surface area contributed by atoms with Crippen LogP contribution in [0.4, 0.5) is 4.39 Å². The van der Waals surface area contributed by atoms with Crippen LogP contribution < -0.4 is 5.32 Å². The molecule has 27 heavy (non-hydrogen) atoms. The smallest absolute Gasteiger partial charge is 0.242 e. The minimum absolute atomic E-state index is 0.0501. The first kappa shape index (κ1) is 18.1. The van der Waals surface area contributed by atoms with E-state index in [0.29, 0.717) is 16.9 Å². The molecule has 1 amide bonds. The lowest BCUT2D eigenvalue weighted by molar-refractivity contribution is -0.126. The van der Waals surface area contributed by atoms with Crippen LogP contribution in [0.3, 0.4) is 0 Å². The van der Waals surface area contributed by atoms with Crippen LogP contribution >= 0.6 is 15.9 Å². The predicted octanol–water partition coefficient (Wildman–Crippen LogP) is 3.92. The highest BCUT2D eigenvalue weighted by Gasteiger charge is 2.29. The van der Waals surface area contributed by atoms with E-state index >= 15 is 0 Å². The van der Waals surface area contributed by atoms with Crippen molar-refractivity contribution in [2.75, 3.05) is 13.1 Å². The van der Waals surface area contributed by atoms with Gasteiger partial charge in [-0.3, -0.25) is 9.69 Å². The third-order valence-corrected chi connectivity index (χ3v) is 5.39. The predicted molar refractivity (Wildman–Crippen MR) is 106 cm³/mol. The fourth-order valence-corrected chi connectivity index (χ4v) is 3.82. The molecule has 1 aliphatic rings. The molecule has 0 radical (unpaired) electrons. The average Bonchev–Trinajstić information content (AvgIpc) is 3.31. The molecule has 2 aromatic carbocycles. The number of likely N-dealkylation sites (tertiary alicyclic amines) is 1. The van der Waals surface area contributed by atoms with Crippen LogP contribution in [0.2, 0.25) is 0 Å². The van der Waals surface area contributed by atoms with Crippen molar-refractivity contribution in [1.29, 1.82) is 0 Å². The van der Waals surface area contributed by atoms with Crippen LogP contribution in [-0.2, 0) is 11.3 Å². The van der Waals surface area contributed by atoms with Gasteiger partial charge in [0.2, 0.25) is 5.91 Å². The van der Waals surface area contributed by atoms with Gasteiger partial charge in [-0.1, -0.05) is 28.1 Å². The monoisotopic (exact) mass is 430 g/mol. The molecule has 4 rings (SSSR count). The van der Waals surface area contributed by atoms with E-state index in [2.05, 4.69) is 36.1 Å². The molecule has 0 bridgehead atoms. The molecule has 2 heterocycles. The topological polar surface area (TPSA) is 61.0 Å².